The van der Waals surface area contributed by atoms with Crippen LogP contribution in [0.3, 0.4) is 0 Å². The van der Waals surface area contributed by atoms with E-state index in [4.69, 9.17) is 9.05 Å². The van der Waals surface area contributed by atoms with Gasteiger partial charge < -0.3 is 4.52 Å². The summed E-state index contributed by atoms with van der Waals surface area (Å²) in [5, 5.41) is 0.488. The van der Waals surface area contributed by atoms with Crippen molar-refractivity contribution in [2.24, 2.45) is 0 Å². The molecule has 1 atom stereocenters. The topological polar surface area (TPSA) is 35.5 Å². The van der Waals surface area contributed by atoms with Gasteiger partial charge in [-0.3, -0.25) is 4.52 Å². The third-order valence-electron chi connectivity index (χ3n) is 2.62. The van der Waals surface area contributed by atoms with E-state index < -0.39 is 7.60 Å². The van der Waals surface area contributed by atoms with Crippen molar-refractivity contribution >= 4 is 50.8 Å². The lowest BCUT2D eigenvalue weighted by molar-refractivity contribution is 0.286. The molecule has 0 saturated carbocycles. The van der Waals surface area contributed by atoms with E-state index in [0.29, 0.717) is 25.7 Å². The zero-order valence-corrected chi connectivity index (χ0v) is 14.8. The second-order valence-corrected chi connectivity index (χ2v) is 7.59. The lowest BCUT2D eigenvalue weighted by Gasteiger charge is -2.21. The Morgan fingerprint density at radius 1 is 1.05 bits per heavy atom. The first-order chi connectivity index (χ1) is 9.96. The summed E-state index contributed by atoms with van der Waals surface area (Å²) in [5.74, 6) is 0.320. The lowest BCUT2D eigenvalue weighted by Crippen LogP contribution is -2.12. The fourth-order valence-electron chi connectivity index (χ4n) is 1.73. The molecule has 21 heavy (non-hydrogen) atoms. The van der Waals surface area contributed by atoms with Crippen molar-refractivity contribution < 1.29 is 13.6 Å². The van der Waals surface area contributed by atoms with Crippen molar-refractivity contribution in [3.05, 3.63) is 42.5 Å². The van der Waals surface area contributed by atoms with Crippen LogP contribution in [0.1, 0.15) is 6.92 Å². The summed E-state index contributed by atoms with van der Waals surface area (Å²) < 4.78 is 24.1. The van der Waals surface area contributed by atoms with E-state index >= 15 is 0 Å². The van der Waals surface area contributed by atoms with Crippen molar-refractivity contribution in [2.75, 3.05) is 6.61 Å². The molecular formula is C14H15O3PS3. The van der Waals surface area contributed by atoms with E-state index in [1.54, 1.807) is 43.3 Å². The molecule has 2 aromatic carbocycles. The average Bonchev–Trinajstić information content (AvgIpc) is 2.44. The average molecular weight is 358 g/mol. The highest BCUT2D eigenvalue weighted by Crippen LogP contribution is 2.50. The minimum absolute atomic E-state index is 0.265. The number of benzene rings is 2. The summed E-state index contributed by atoms with van der Waals surface area (Å²) in [7, 11) is -3.49. The molecule has 2 rings (SSSR count). The molecular weight excluding hydrogens is 343 g/mol. The van der Waals surface area contributed by atoms with Crippen LogP contribution in [0.15, 0.2) is 57.2 Å². The third kappa shape index (κ3) is 4.02. The minimum atomic E-state index is -3.49. The van der Waals surface area contributed by atoms with Crippen LogP contribution in [0.4, 0.5) is 0 Å². The Hall–Kier alpha value is -0.520. The van der Waals surface area contributed by atoms with E-state index in [9.17, 15) is 4.57 Å². The van der Waals surface area contributed by atoms with Gasteiger partial charge in [0.1, 0.15) is 0 Å². The first kappa shape index (κ1) is 16.8. The molecule has 0 aromatic heterocycles. The Morgan fingerprint density at radius 3 is 2.14 bits per heavy atom. The van der Waals surface area contributed by atoms with Crippen LogP contribution in [0.2, 0.25) is 0 Å². The van der Waals surface area contributed by atoms with Gasteiger partial charge in [0, 0.05) is 14.7 Å². The van der Waals surface area contributed by atoms with Crippen LogP contribution in [0.25, 0.3) is 0 Å². The zero-order valence-electron chi connectivity index (χ0n) is 11.3. The molecule has 0 aliphatic rings. The quantitative estimate of drug-likeness (QED) is 0.544. The maximum Gasteiger partial charge on any atom is 0.410 e. The molecule has 7 heteroatoms. The Bertz CT molecular complexity index is 653. The highest BCUT2D eigenvalue weighted by molar-refractivity contribution is 7.82. The minimum Gasteiger partial charge on any atom is -0.419 e. The van der Waals surface area contributed by atoms with Crippen molar-refractivity contribution in [1.82, 2.24) is 0 Å². The summed E-state index contributed by atoms with van der Waals surface area (Å²) in [4.78, 5) is 1.70. The van der Waals surface area contributed by atoms with Gasteiger partial charge in [-0.25, -0.2) is 4.57 Å². The SMILES string of the molecule is CCOP(=O)(Oc1c(S)cc(S)cc1S)c1ccccc1. The van der Waals surface area contributed by atoms with Gasteiger partial charge in [-0.15, -0.1) is 37.9 Å². The van der Waals surface area contributed by atoms with Gasteiger partial charge in [0.2, 0.25) is 0 Å². The molecule has 0 radical (unpaired) electrons. The highest BCUT2D eigenvalue weighted by Gasteiger charge is 2.30. The molecule has 0 aliphatic carbocycles. The van der Waals surface area contributed by atoms with E-state index in [1.165, 1.54) is 0 Å². The summed E-state index contributed by atoms with van der Waals surface area (Å²) in [6.45, 7) is 2.03. The normalized spacial score (nSPS) is 13.7. The number of thiol groups is 3. The van der Waals surface area contributed by atoms with E-state index in [0.717, 1.165) is 0 Å². The third-order valence-corrected chi connectivity index (χ3v) is 5.49. The van der Waals surface area contributed by atoms with Gasteiger partial charge in [0.15, 0.2) is 5.75 Å². The van der Waals surface area contributed by atoms with Gasteiger partial charge in [-0.2, -0.15) is 0 Å². The lowest BCUT2D eigenvalue weighted by atomic mass is 10.3. The maximum atomic E-state index is 13.0. The molecule has 0 aliphatic heterocycles. The summed E-state index contributed by atoms with van der Waals surface area (Å²) in [6.07, 6.45) is 0. The molecule has 1 unspecified atom stereocenters. The Labute approximate surface area is 140 Å². The van der Waals surface area contributed by atoms with Gasteiger partial charge in [-0.1, -0.05) is 18.2 Å². The number of rotatable bonds is 5. The fourth-order valence-corrected chi connectivity index (χ4v) is 4.66. The van der Waals surface area contributed by atoms with Crippen molar-refractivity contribution in [1.29, 1.82) is 0 Å². The predicted octanol–water partition coefficient (Wildman–Crippen LogP) is 4.49. The highest BCUT2D eigenvalue weighted by atomic mass is 32.1. The van der Waals surface area contributed by atoms with Gasteiger partial charge in [0.05, 0.1) is 11.9 Å². The van der Waals surface area contributed by atoms with E-state index in [1.807, 2.05) is 6.07 Å². The van der Waals surface area contributed by atoms with Crippen LogP contribution in [-0.2, 0) is 9.09 Å². The van der Waals surface area contributed by atoms with Gasteiger partial charge >= 0.3 is 7.60 Å². The van der Waals surface area contributed by atoms with Crippen LogP contribution >= 0.6 is 45.5 Å². The Kier molecular flexibility index (Phi) is 5.74. The van der Waals surface area contributed by atoms with E-state index in [-0.39, 0.29) is 6.61 Å². The number of hydrogen-bond acceptors (Lipinski definition) is 6. The molecule has 0 N–H and O–H groups in total. The van der Waals surface area contributed by atoms with Crippen molar-refractivity contribution in [3.8, 4) is 5.75 Å². The van der Waals surface area contributed by atoms with E-state index in [2.05, 4.69) is 37.9 Å². The molecule has 0 amide bonds. The van der Waals surface area contributed by atoms with Crippen molar-refractivity contribution in [2.45, 2.75) is 21.6 Å². The molecule has 0 spiro atoms. The molecule has 3 nitrogen and oxygen atoms in total. The molecule has 0 saturated heterocycles. The second-order valence-electron chi connectivity index (χ2n) is 4.16. The van der Waals surface area contributed by atoms with Crippen LogP contribution in [-0.4, -0.2) is 6.61 Å². The van der Waals surface area contributed by atoms with Gasteiger partial charge in [0.25, 0.3) is 0 Å². The molecule has 0 heterocycles. The Balaban J connectivity index is 2.45. The molecule has 0 bridgehead atoms. The van der Waals surface area contributed by atoms with Crippen LogP contribution < -0.4 is 9.83 Å². The Morgan fingerprint density at radius 2 is 1.62 bits per heavy atom. The molecule has 2 aromatic rings. The standard InChI is InChI=1S/C14H15O3PS3/c1-2-16-18(15,10-6-4-3-5-7-10)17-14-12(20)8-11(19)9-13(14)21/h3-9,19-21H,2H2,1H3. The van der Waals surface area contributed by atoms with Crippen LogP contribution in [0.5, 0.6) is 5.75 Å². The summed E-state index contributed by atoms with van der Waals surface area (Å²) >= 11 is 12.9. The molecule has 0 fully saturated rings. The first-order valence-corrected chi connectivity index (χ1v) is 9.09. The number of hydrogen-bond donors (Lipinski definition) is 3. The summed E-state index contributed by atoms with van der Waals surface area (Å²) in [6, 6.07) is 12.2. The second kappa shape index (κ2) is 7.16. The largest absolute Gasteiger partial charge is 0.419 e. The van der Waals surface area contributed by atoms with Crippen LogP contribution in [0, 0.1) is 0 Å². The monoisotopic (exact) mass is 358 g/mol. The zero-order chi connectivity index (χ0) is 15.5. The summed E-state index contributed by atoms with van der Waals surface area (Å²) in [5.41, 5.74) is 0. The smallest absolute Gasteiger partial charge is 0.410 e. The molecule has 112 valence electrons. The maximum absolute atomic E-state index is 13.0. The van der Waals surface area contributed by atoms with Gasteiger partial charge in [-0.05, 0) is 31.2 Å². The fraction of sp³-hybridized carbons (Fsp3) is 0.143. The first-order valence-electron chi connectivity index (χ1n) is 6.21. The predicted molar refractivity (Wildman–Crippen MR) is 94.1 cm³/mol. The van der Waals surface area contributed by atoms with Crippen molar-refractivity contribution in [3.63, 3.8) is 0 Å².